The van der Waals surface area contributed by atoms with Crippen LogP contribution in [-0.2, 0) is 6.54 Å². The van der Waals surface area contributed by atoms with E-state index in [9.17, 15) is 4.79 Å². The molecule has 0 bridgehead atoms. The first kappa shape index (κ1) is 15.8. The molecule has 0 unspecified atom stereocenters. The van der Waals surface area contributed by atoms with E-state index in [0.29, 0.717) is 6.54 Å². The van der Waals surface area contributed by atoms with Crippen molar-refractivity contribution in [2.75, 3.05) is 31.1 Å². The number of carbonyl (C=O) groups is 1. The standard InChI is InChI=1S/C17H22N4OS/c1-13-4-3-5-15(10-13)20-6-8-21(9-7-20)17(22)18-11-16-19-14(2)12-23-16/h3-5,10,12H,6-9,11H2,1-2H3,(H,18,22). The molecule has 1 aromatic carbocycles. The summed E-state index contributed by atoms with van der Waals surface area (Å²) in [6, 6.07) is 8.52. The van der Waals surface area contributed by atoms with Crippen LogP contribution in [0.3, 0.4) is 0 Å². The molecule has 0 spiro atoms. The number of nitrogens with one attached hydrogen (secondary N) is 1. The van der Waals surface area contributed by atoms with Crippen LogP contribution in [0.15, 0.2) is 29.6 Å². The number of carbonyl (C=O) groups excluding carboxylic acids is 1. The van der Waals surface area contributed by atoms with E-state index in [0.717, 1.165) is 36.9 Å². The highest BCUT2D eigenvalue weighted by atomic mass is 32.1. The van der Waals surface area contributed by atoms with Crippen molar-refractivity contribution >= 4 is 23.1 Å². The second-order valence-electron chi connectivity index (χ2n) is 5.85. The topological polar surface area (TPSA) is 48.5 Å². The molecule has 2 aromatic rings. The Balaban J connectivity index is 1.49. The van der Waals surface area contributed by atoms with E-state index < -0.39 is 0 Å². The molecule has 1 fully saturated rings. The molecule has 0 saturated carbocycles. The van der Waals surface area contributed by atoms with Crippen LogP contribution < -0.4 is 10.2 Å². The van der Waals surface area contributed by atoms with Gasteiger partial charge in [-0.1, -0.05) is 12.1 Å². The first-order chi connectivity index (χ1) is 11.1. The van der Waals surface area contributed by atoms with Crippen LogP contribution in [0.2, 0.25) is 0 Å². The zero-order valence-electron chi connectivity index (χ0n) is 13.6. The second-order valence-corrected chi connectivity index (χ2v) is 6.80. The van der Waals surface area contributed by atoms with Gasteiger partial charge in [0.2, 0.25) is 0 Å². The number of thiazole rings is 1. The molecule has 0 atom stereocenters. The summed E-state index contributed by atoms with van der Waals surface area (Å²) in [6.45, 7) is 7.81. The van der Waals surface area contributed by atoms with Crippen LogP contribution in [-0.4, -0.2) is 42.1 Å². The Hall–Kier alpha value is -2.08. The van der Waals surface area contributed by atoms with Gasteiger partial charge in [-0.3, -0.25) is 0 Å². The Morgan fingerprint density at radius 1 is 1.26 bits per heavy atom. The number of amides is 2. The van der Waals surface area contributed by atoms with Crippen LogP contribution in [0, 0.1) is 13.8 Å². The van der Waals surface area contributed by atoms with Crippen LogP contribution in [0.25, 0.3) is 0 Å². The Kier molecular flexibility index (Phi) is 4.81. The molecule has 1 saturated heterocycles. The molecule has 2 heterocycles. The number of hydrogen-bond acceptors (Lipinski definition) is 4. The van der Waals surface area contributed by atoms with Gasteiger partial charge in [0.1, 0.15) is 5.01 Å². The van der Waals surface area contributed by atoms with Gasteiger partial charge in [0, 0.05) is 42.9 Å². The Bertz CT molecular complexity index is 677. The maximum atomic E-state index is 12.2. The van der Waals surface area contributed by atoms with Crippen LogP contribution in [0.4, 0.5) is 10.5 Å². The zero-order valence-corrected chi connectivity index (χ0v) is 14.4. The predicted molar refractivity (Wildman–Crippen MR) is 94.1 cm³/mol. The van der Waals surface area contributed by atoms with Crippen molar-refractivity contribution in [3.05, 3.63) is 45.9 Å². The Morgan fingerprint density at radius 2 is 2.04 bits per heavy atom. The zero-order chi connectivity index (χ0) is 16.2. The Labute approximate surface area is 140 Å². The van der Waals surface area contributed by atoms with Crippen LogP contribution in [0.5, 0.6) is 0 Å². The summed E-state index contributed by atoms with van der Waals surface area (Å²) in [5.74, 6) is 0. The van der Waals surface area contributed by atoms with Gasteiger partial charge in [0.15, 0.2) is 0 Å². The van der Waals surface area contributed by atoms with Crippen molar-refractivity contribution in [2.45, 2.75) is 20.4 Å². The fourth-order valence-electron chi connectivity index (χ4n) is 2.74. The summed E-state index contributed by atoms with van der Waals surface area (Å²) in [6.07, 6.45) is 0. The highest BCUT2D eigenvalue weighted by Crippen LogP contribution is 2.17. The summed E-state index contributed by atoms with van der Waals surface area (Å²) in [7, 11) is 0. The molecular formula is C17H22N4OS. The molecule has 6 heteroatoms. The lowest BCUT2D eigenvalue weighted by molar-refractivity contribution is 0.194. The van der Waals surface area contributed by atoms with Gasteiger partial charge in [-0.05, 0) is 31.5 Å². The third kappa shape index (κ3) is 4.01. The fraction of sp³-hybridized carbons (Fsp3) is 0.412. The summed E-state index contributed by atoms with van der Waals surface area (Å²) in [5, 5.41) is 5.92. The maximum Gasteiger partial charge on any atom is 0.317 e. The lowest BCUT2D eigenvalue weighted by atomic mass is 10.2. The van der Waals surface area contributed by atoms with Gasteiger partial charge in [0.05, 0.1) is 6.54 Å². The largest absolute Gasteiger partial charge is 0.368 e. The van der Waals surface area contributed by atoms with Gasteiger partial charge in [-0.15, -0.1) is 11.3 Å². The van der Waals surface area contributed by atoms with E-state index in [1.807, 2.05) is 17.2 Å². The Morgan fingerprint density at radius 3 is 2.70 bits per heavy atom. The SMILES string of the molecule is Cc1cccc(N2CCN(C(=O)NCc3nc(C)cs3)CC2)c1. The van der Waals surface area contributed by atoms with Crippen LogP contribution in [0.1, 0.15) is 16.3 Å². The van der Waals surface area contributed by atoms with Gasteiger partial charge in [-0.25, -0.2) is 9.78 Å². The second kappa shape index (κ2) is 7.00. The first-order valence-electron chi connectivity index (χ1n) is 7.87. The van der Waals surface area contributed by atoms with Crippen molar-refractivity contribution in [2.24, 2.45) is 0 Å². The van der Waals surface area contributed by atoms with E-state index in [-0.39, 0.29) is 6.03 Å². The number of anilines is 1. The number of aromatic nitrogens is 1. The van der Waals surface area contributed by atoms with Crippen molar-refractivity contribution in [3.63, 3.8) is 0 Å². The molecule has 3 rings (SSSR count). The molecule has 1 aromatic heterocycles. The molecule has 23 heavy (non-hydrogen) atoms. The van der Waals surface area contributed by atoms with E-state index in [4.69, 9.17) is 0 Å². The number of nitrogens with zero attached hydrogens (tertiary/aromatic N) is 3. The van der Waals surface area contributed by atoms with Crippen LogP contribution >= 0.6 is 11.3 Å². The molecule has 0 aliphatic carbocycles. The van der Waals surface area contributed by atoms with Gasteiger partial charge < -0.3 is 15.1 Å². The number of benzene rings is 1. The minimum atomic E-state index is 0.00162. The molecular weight excluding hydrogens is 308 g/mol. The summed E-state index contributed by atoms with van der Waals surface area (Å²) < 4.78 is 0. The van der Waals surface area contributed by atoms with Gasteiger partial charge >= 0.3 is 6.03 Å². The van der Waals surface area contributed by atoms with Gasteiger partial charge in [0.25, 0.3) is 0 Å². The lowest BCUT2D eigenvalue weighted by Crippen LogP contribution is -2.51. The van der Waals surface area contributed by atoms with Crippen molar-refractivity contribution in [3.8, 4) is 0 Å². The lowest BCUT2D eigenvalue weighted by Gasteiger charge is -2.36. The van der Waals surface area contributed by atoms with Gasteiger partial charge in [-0.2, -0.15) is 0 Å². The monoisotopic (exact) mass is 330 g/mol. The number of urea groups is 1. The molecule has 5 nitrogen and oxygen atoms in total. The summed E-state index contributed by atoms with van der Waals surface area (Å²) in [4.78, 5) is 20.8. The van der Waals surface area contributed by atoms with E-state index in [1.54, 1.807) is 11.3 Å². The molecule has 1 N–H and O–H groups in total. The van der Waals surface area contributed by atoms with E-state index in [1.165, 1.54) is 11.3 Å². The number of hydrogen-bond donors (Lipinski definition) is 1. The average molecular weight is 330 g/mol. The fourth-order valence-corrected chi connectivity index (χ4v) is 3.45. The summed E-state index contributed by atoms with van der Waals surface area (Å²) >= 11 is 1.58. The molecule has 122 valence electrons. The third-order valence-corrected chi connectivity index (χ3v) is 4.96. The predicted octanol–water partition coefficient (Wildman–Crippen LogP) is 2.79. The highest BCUT2D eigenvalue weighted by molar-refractivity contribution is 7.09. The summed E-state index contributed by atoms with van der Waals surface area (Å²) in [5.41, 5.74) is 3.51. The number of piperazine rings is 1. The van der Waals surface area contributed by atoms with E-state index in [2.05, 4.69) is 46.4 Å². The molecule has 1 aliphatic rings. The smallest absolute Gasteiger partial charge is 0.317 e. The quantitative estimate of drug-likeness (QED) is 0.941. The highest BCUT2D eigenvalue weighted by Gasteiger charge is 2.21. The first-order valence-corrected chi connectivity index (χ1v) is 8.75. The third-order valence-electron chi connectivity index (χ3n) is 3.99. The normalized spacial score (nSPS) is 14.9. The van der Waals surface area contributed by atoms with E-state index >= 15 is 0 Å². The minimum absolute atomic E-state index is 0.00162. The average Bonchev–Trinajstić information content (AvgIpc) is 2.98. The van der Waals surface area contributed by atoms with Crippen molar-refractivity contribution in [1.29, 1.82) is 0 Å². The number of aryl methyl sites for hydroxylation is 2. The van der Waals surface area contributed by atoms with Crippen molar-refractivity contribution < 1.29 is 4.79 Å². The minimum Gasteiger partial charge on any atom is -0.368 e. The molecule has 2 amide bonds. The number of rotatable bonds is 3. The molecule has 1 aliphatic heterocycles. The van der Waals surface area contributed by atoms with Crippen molar-refractivity contribution in [1.82, 2.24) is 15.2 Å². The maximum absolute atomic E-state index is 12.2. The molecule has 0 radical (unpaired) electrons.